The van der Waals surface area contributed by atoms with Crippen molar-refractivity contribution in [1.82, 2.24) is 10.2 Å². The fourth-order valence-corrected chi connectivity index (χ4v) is 3.55. The number of ether oxygens (including phenoxy) is 2. The lowest BCUT2D eigenvalue weighted by Gasteiger charge is -2.31. The first-order chi connectivity index (χ1) is 15.9. The van der Waals surface area contributed by atoms with E-state index in [1.807, 2.05) is 61.5 Å². The lowest BCUT2D eigenvalue weighted by molar-refractivity contribution is -0.140. The van der Waals surface area contributed by atoms with Crippen LogP contribution in [-0.2, 0) is 16.0 Å². The maximum absolute atomic E-state index is 13.2. The number of amides is 2. The average Bonchev–Trinajstić information content (AvgIpc) is 2.83. The van der Waals surface area contributed by atoms with Crippen LogP contribution in [0.2, 0.25) is 0 Å². The second-order valence-corrected chi connectivity index (χ2v) is 8.51. The number of nitrogens with zero attached hydrogens (tertiary/aromatic N) is 1. The van der Waals surface area contributed by atoms with Crippen LogP contribution in [0.15, 0.2) is 54.6 Å². The molecule has 0 bridgehead atoms. The number of methoxy groups -OCH3 is 1. The van der Waals surface area contributed by atoms with Crippen LogP contribution in [0.3, 0.4) is 0 Å². The molecule has 0 aliphatic heterocycles. The van der Waals surface area contributed by atoms with Gasteiger partial charge in [0.1, 0.15) is 17.5 Å². The Morgan fingerprint density at radius 3 is 2.27 bits per heavy atom. The Morgan fingerprint density at radius 1 is 1.00 bits per heavy atom. The Balaban J connectivity index is 1.97. The quantitative estimate of drug-likeness (QED) is 0.428. The number of carbonyl (C=O) groups is 2. The van der Waals surface area contributed by atoms with Crippen molar-refractivity contribution in [1.29, 1.82) is 0 Å². The van der Waals surface area contributed by atoms with Crippen molar-refractivity contribution in [2.75, 3.05) is 26.8 Å². The van der Waals surface area contributed by atoms with Crippen molar-refractivity contribution in [3.63, 3.8) is 0 Å². The van der Waals surface area contributed by atoms with Crippen molar-refractivity contribution >= 4 is 11.8 Å². The Bertz CT molecular complexity index is 837. The van der Waals surface area contributed by atoms with Crippen LogP contribution < -0.4 is 14.8 Å². The summed E-state index contributed by atoms with van der Waals surface area (Å²) < 4.78 is 10.9. The van der Waals surface area contributed by atoms with Gasteiger partial charge >= 0.3 is 0 Å². The molecule has 6 nitrogen and oxygen atoms in total. The molecule has 0 aliphatic carbocycles. The average molecular weight is 455 g/mol. The normalized spacial score (nSPS) is 11.7. The summed E-state index contributed by atoms with van der Waals surface area (Å²) in [6.45, 7) is 7.61. The molecule has 1 atom stereocenters. The Hall–Kier alpha value is -3.02. The molecule has 0 saturated heterocycles. The molecule has 0 radical (unpaired) electrons. The molecule has 0 heterocycles. The SMILES string of the molecule is CC[C@H](C(=O)NCC(C)C)N(CCc1ccccc1)C(=O)CCCOc1ccc(OC)cc1. The van der Waals surface area contributed by atoms with Crippen molar-refractivity contribution < 1.29 is 19.1 Å². The zero-order valence-corrected chi connectivity index (χ0v) is 20.4. The molecule has 2 rings (SSSR count). The smallest absolute Gasteiger partial charge is 0.242 e. The number of rotatable bonds is 14. The number of hydrogen-bond acceptors (Lipinski definition) is 4. The highest BCUT2D eigenvalue weighted by atomic mass is 16.5. The molecular weight excluding hydrogens is 416 g/mol. The third kappa shape index (κ3) is 9.16. The van der Waals surface area contributed by atoms with Crippen molar-refractivity contribution in [3.05, 3.63) is 60.2 Å². The third-order valence-corrected chi connectivity index (χ3v) is 5.42. The van der Waals surface area contributed by atoms with Crippen LogP contribution >= 0.6 is 0 Å². The predicted octanol–water partition coefficient (Wildman–Crippen LogP) is 4.48. The van der Waals surface area contributed by atoms with Crippen LogP contribution in [0.5, 0.6) is 11.5 Å². The van der Waals surface area contributed by atoms with E-state index in [-0.39, 0.29) is 11.8 Å². The van der Waals surface area contributed by atoms with Crippen LogP contribution in [0.4, 0.5) is 0 Å². The number of nitrogens with one attached hydrogen (secondary N) is 1. The van der Waals surface area contributed by atoms with Crippen LogP contribution in [0, 0.1) is 5.92 Å². The van der Waals surface area contributed by atoms with Crippen molar-refractivity contribution in [3.8, 4) is 11.5 Å². The Kier molecular flexibility index (Phi) is 11.3. The first-order valence-corrected chi connectivity index (χ1v) is 11.8. The summed E-state index contributed by atoms with van der Waals surface area (Å²) in [7, 11) is 1.62. The fourth-order valence-electron chi connectivity index (χ4n) is 3.55. The van der Waals surface area contributed by atoms with Gasteiger partial charge in [-0.2, -0.15) is 0 Å². The summed E-state index contributed by atoms with van der Waals surface area (Å²) in [5.41, 5.74) is 1.15. The standard InChI is InChI=1S/C27H38N2O4/c1-5-25(27(31)28-20-21(2)3)29(18-17-22-10-7-6-8-11-22)26(30)12-9-19-33-24-15-13-23(32-4)14-16-24/h6-8,10-11,13-16,21,25H,5,9,12,17-20H2,1-4H3,(H,28,31)/t25-/m1/s1. The van der Waals surface area contributed by atoms with Gasteiger partial charge in [0.15, 0.2) is 0 Å². The Labute approximate surface area is 198 Å². The van der Waals surface area contributed by atoms with E-state index in [4.69, 9.17) is 9.47 Å². The molecule has 2 amide bonds. The van der Waals surface area contributed by atoms with Gasteiger partial charge in [-0.1, -0.05) is 51.1 Å². The highest BCUT2D eigenvalue weighted by Crippen LogP contribution is 2.17. The second-order valence-electron chi connectivity index (χ2n) is 8.51. The highest BCUT2D eigenvalue weighted by Gasteiger charge is 2.27. The Morgan fingerprint density at radius 2 is 1.67 bits per heavy atom. The fraction of sp³-hybridized carbons (Fsp3) is 0.481. The molecule has 33 heavy (non-hydrogen) atoms. The second kappa shape index (κ2) is 14.2. The third-order valence-electron chi connectivity index (χ3n) is 5.42. The van der Waals surface area contributed by atoms with Crippen molar-refractivity contribution in [2.45, 2.75) is 52.5 Å². The minimum atomic E-state index is -0.470. The summed E-state index contributed by atoms with van der Waals surface area (Å²) >= 11 is 0. The summed E-state index contributed by atoms with van der Waals surface area (Å²) in [5.74, 6) is 1.77. The topological polar surface area (TPSA) is 67.9 Å². The van der Waals surface area contributed by atoms with E-state index < -0.39 is 6.04 Å². The van der Waals surface area contributed by atoms with E-state index in [0.717, 1.165) is 17.1 Å². The minimum Gasteiger partial charge on any atom is -0.497 e. The van der Waals surface area contributed by atoms with Gasteiger partial charge in [-0.15, -0.1) is 0 Å². The van der Waals surface area contributed by atoms with E-state index >= 15 is 0 Å². The van der Waals surface area contributed by atoms with E-state index in [2.05, 4.69) is 19.2 Å². The molecule has 6 heteroatoms. The lowest BCUT2D eigenvalue weighted by Crippen LogP contribution is -2.50. The van der Waals surface area contributed by atoms with E-state index in [1.165, 1.54) is 0 Å². The molecule has 180 valence electrons. The van der Waals surface area contributed by atoms with E-state index in [1.54, 1.807) is 12.0 Å². The number of benzene rings is 2. The first-order valence-electron chi connectivity index (χ1n) is 11.8. The maximum atomic E-state index is 13.2. The monoisotopic (exact) mass is 454 g/mol. The molecule has 0 unspecified atom stereocenters. The van der Waals surface area contributed by atoms with Gasteiger partial charge in [0.2, 0.25) is 11.8 Å². The summed E-state index contributed by atoms with van der Waals surface area (Å²) in [6, 6.07) is 17.0. The molecule has 0 spiro atoms. The minimum absolute atomic E-state index is 0.0178. The molecule has 0 saturated carbocycles. The molecule has 0 aromatic heterocycles. The molecule has 2 aromatic carbocycles. The molecule has 2 aromatic rings. The van der Waals surface area contributed by atoms with Crippen molar-refractivity contribution in [2.24, 2.45) is 5.92 Å². The molecule has 0 fully saturated rings. The van der Waals surface area contributed by atoms with Crippen LogP contribution in [-0.4, -0.2) is 49.6 Å². The zero-order chi connectivity index (χ0) is 24.1. The lowest BCUT2D eigenvalue weighted by atomic mass is 10.1. The van der Waals surface area contributed by atoms with Gasteiger partial charge in [0, 0.05) is 19.5 Å². The van der Waals surface area contributed by atoms with Crippen LogP contribution in [0.1, 0.15) is 45.6 Å². The van der Waals surface area contributed by atoms with E-state index in [9.17, 15) is 9.59 Å². The maximum Gasteiger partial charge on any atom is 0.242 e. The summed E-state index contributed by atoms with van der Waals surface area (Å²) in [6.07, 6.45) is 2.20. The van der Waals surface area contributed by atoms with Gasteiger partial charge in [-0.25, -0.2) is 0 Å². The van der Waals surface area contributed by atoms with Gasteiger partial charge in [0.05, 0.1) is 13.7 Å². The van der Waals surface area contributed by atoms with Gasteiger partial charge in [-0.05, 0) is 55.0 Å². The summed E-state index contributed by atoms with van der Waals surface area (Å²) in [4.78, 5) is 27.8. The number of hydrogen-bond donors (Lipinski definition) is 1. The van der Waals surface area contributed by atoms with E-state index in [0.29, 0.717) is 51.3 Å². The van der Waals surface area contributed by atoms with Gasteiger partial charge in [-0.3, -0.25) is 9.59 Å². The molecule has 0 aliphatic rings. The number of carbonyl (C=O) groups excluding carboxylic acids is 2. The van der Waals surface area contributed by atoms with Gasteiger partial charge < -0.3 is 19.7 Å². The first kappa shape index (κ1) is 26.2. The summed E-state index contributed by atoms with van der Waals surface area (Å²) in [5, 5.41) is 3.00. The zero-order valence-electron chi connectivity index (χ0n) is 20.4. The molecule has 1 N–H and O–H groups in total. The van der Waals surface area contributed by atoms with Gasteiger partial charge in [0.25, 0.3) is 0 Å². The predicted molar refractivity (Wildman–Crippen MR) is 132 cm³/mol. The van der Waals surface area contributed by atoms with Crippen LogP contribution in [0.25, 0.3) is 0 Å². The largest absolute Gasteiger partial charge is 0.497 e. The molecular formula is C27H38N2O4. The highest BCUT2D eigenvalue weighted by molar-refractivity contribution is 5.87.